The summed E-state index contributed by atoms with van der Waals surface area (Å²) in [6, 6.07) is 19.3. The summed E-state index contributed by atoms with van der Waals surface area (Å²) in [6.07, 6.45) is 12.4. The smallest absolute Gasteiger partial charge is 0.151 e. The maximum Gasteiger partial charge on any atom is 0.151 e. The molecule has 50 heavy (non-hydrogen) atoms. The first-order chi connectivity index (χ1) is 24.3. The Balaban J connectivity index is 0.000000157. The van der Waals surface area contributed by atoms with E-state index in [1.807, 2.05) is 12.1 Å². The van der Waals surface area contributed by atoms with Gasteiger partial charge in [0, 0.05) is 55.8 Å². The maximum absolute atomic E-state index is 14.2. The molecule has 0 radical (unpaired) electrons. The van der Waals surface area contributed by atoms with Crippen molar-refractivity contribution in [2.24, 2.45) is 0 Å². The lowest BCUT2D eigenvalue weighted by molar-refractivity contribution is 0.112. The summed E-state index contributed by atoms with van der Waals surface area (Å²) in [5, 5.41) is 14.5. The molecule has 2 aromatic carbocycles. The zero-order valence-electron chi connectivity index (χ0n) is 25.5. The van der Waals surface area contributed by atoms with Gasteiger partial charge in [-0.3, -0.25) is 25.0 Å². The van der Waals surface area contributed by atoms with Crippen LogP contribution in [-0.2, 0) is 0 Å². The highest BCUT2D eigenvalue weighted by molar-refractivity contribution is 6.31. The van der Waals surface area contributed by atoms with E-state index in [0.717, 1.165) is 5.52 Å². The first-order valence-corrected chi connectivity index (χ1v) is 15.5. The minimum absolute atomic E-state index is 0.307. The van der Waals surface area contributed by atoms with Gasteiger partial charge in [-0.15, -0.1) is 6.42 Å². The molecular weight excluding hydrogens is 681 g/mol. The molecule has 0 bridgehead atoms. The number of terminal acetylenes is 1. The van der Waals surface area contributed by atoms with Crippen molar-refractivity contribution in [2.45, 2.75) is 0 Å². The Morgan fingerprint density at radius 3 is 1.66 bits per heavy atom. The summed E-state index contributed by atoms with van der Waals surface area (Å²) in [7, 11) is 0. The summed E-state index contributed by atoms with van der Waals surface area (Å²) >= 11 is 12.0. The van der Waals surface area contributed by atoms with E-state index in [2.05, 4.69) is 46.3 Å². The second-order valence-corrected chi connectivity index (χ2v) is 11.7. The van der Waals surface area contributed by atoms with Gasteiger partial charge in [0.15, 0.2) is 6.29 Å². The second-order valence-electron chi connectivity index (χ2n) is 10.8. The van der Waals surface area contributed by atoms with Gasteiger partial charge in [-0.1, -0.05) is 29.1 Å². The van der Waals surface area contributed by atoms with Crippen LogP contribution in [0.25, 0.3) is 67.1 Å². The highest BCUT2D eigenvalue weighted by atomic mass is 35.5. The molecule has 0 unspecified atom stereocenters. The van der Waals surface area contributed by atoms with E-state index < -0.39 is 11.6 Å². The number of hydrogen-bond donors (Lipinski definition) is 2. The lowest BCUT2D eigenvalue weighted by Crippen LogP contribution is -1.92. The van der Waals surface area contributed by atoms with Crippen LogP contribution >= 0.6 is 23.2 Å². The molecule has 0 atom stereocenters. The molecular formula is C37H20Cl2F2N8O. The lowest BCUT2D eigenvalue weighted by Gasteiger charge is -2.06. The second kappa shape index (κ2) is 13.6. The van der Waals surface area contributed by atoms with Gasteiger partial charge in [0.05, 0.1) is 57.2 Å². The van der Waals surface area contributed by atoms with E-state index in [9.17, 15) is 13.6 Å². The fourth-order valence-corrected chi connectivity index (χ4v) is 5.57. The fourth-order valence-electron chi connectivity index (χ4n) is 5.22. The molecule has 8 rings (SSSR count). The molecule has 0 fully saturated rings. The standard InChI is InChI=1S/C19H10ClFN4.C18H10ClFN4O/c1-2-11-7-18-17(22-9-11)6-5-16(24-18)14-10-23-25-19(14)13-8-12(20)3-4-15(13)21;19-11-1-2-14(20)12(6-11)18-13(8-22-24-18)15-3-4-16-17(23-15)5-10(9-25)7-21-16/h1,3-10H,(H,23,25);1-9H,(H,22,24). The molecule has 9 nitrogen and oxygen atoms in total. The van der Waals surface area contributed by atoms with Crippen molar-refractivity contribution in [1.29, 1.82) is 0 Å². The summed E-state index contributed by atoms with van der Waals surface area (Å²) in [6.45, 7) is 0. The first-order valence-electron chi connectivity index (χ1n) is 14.7. The predicted octanol–water partition coefficient (Wildman–Crippen LogP) is 8.75. The molecule has 8 aromatic rings. The van der Waals surface area contributed by atoms with Gasteiger partial charge in [-0.2, -0.15) is 10.2 Å². The van der Waals surface area contributed by atoms with Crippen molar-refractivity contribution in [2.75, 3.05) is 0 Å². The molecule has 13 heteroatoms. The zero-order valence-corrected chi connectivity index (χ0v) is 27.0. The number of nitrogens with zero attached hydrogens (tertiary/aromatic N) is 6. The molecule has 0 aliphatic heterocycles. The number of H-pyrrole nitrogens is 2. The van der Waals surface area contributed by atoms with Gasteiger partial charge >= 0.3 is 0 Å². The number of rotatable bonds is 5. The Kier molecular flexibility index (Phi) is 8.79. The molecule has 0 aliphatic carbocycles. The third kappa shape index (κ3) is 6.41. The largest absolute Gasteiger partial charge is 0.298 e. The third-order valence-corrected chi connectivity index (χ3v) is 8.09. The third-order valence-electron chi connectivity index (χ3n) is 7.62. The molecule has 0 saturated heterocycles. The molecule has 0 aliphatic rings. The number of benzene rings is 2. The Morgan fingerprint density at radius 2 is 1.14 bits per heavy atom. The van der Waals surface area contributed by atoms with Crippen LogP contribution in [0.2, 0.25) is 10.0 Å². The Morgan fingerprint density at radius 1 is 0.620 bits per heavy atom. The summed E-state index contributed by atoms with van der Waals surface area (Å²) < 4.78 is 28.4. The van der Waals surface area contributed by atoms with Crippen molar-refractivity contribution in [3.8, 4) is 57.4 Å². The van der Waals surface area contributed by atoms with Gasteiger partial charge in [0.2, 0.25) is 0 Å². The Hall–Kier alpha value is -6.35. The monoisotopic (exact) mass is 700 g/mol. The number of aromatic nitrogens is 8. The van der Waals surface area contributed by atoms with Gasteiger partial charge in [-0.05, 0) is 72.8 Å². The quantitative estimate of drug-likeness (QED) is 0.136. The number of nitrogens with one attached hydrogen (secondary N) is 2. The van der Waals surface area contributed by atoms with E-state index in [-0.39, 0.29) is 0 Å². The van der Waals surface area contributed by atoms with Gasteiger partial charge in [-0.25, -0.2) is 18.7 Å². The SMILES string of the molecule is C#Cc1cnc2ccc(-c3cn[nH]c3-c3cc(Cl)ccc3F)nc2c1.O=Cc1cnc2ccc(-c3cn[nH]c3-c3cc(Cl)ccc3F)nc2c1. The van der Waals surface area contributed by atoms with Crippen molar-refractivity contribution >= 4 is 51.6 Å². The minimum atomic E-state index is -0.416. The van der Waals surface area contributed by atoms with Crippen LogP contribution in [0.1, 0.15) is 15.9 Å². The number of aldehydes is 1. The van der Waals surface area contributed by atoms with Crippen LogP contribution in [0.15, 0.2) is 97.6 Å². The summed E-state index contributed by atoms with van der Waals surface area (Å²) in [5.74, 6) is 1.73. The Labute approximate surface area is 292 Å². The van der Waals surface area contributed by atoms with Crippen LogP contribution in [0.5, 0.6) is 0 Å². The average molecular weight is 702 g/mol. The number of pyridine rings is 4. The maximum atomic E-state index is 14.2. The van der Waals surface area contributed by atoms with E-state index >= 15 is 0 Å². The first kappa shape index (κ1) is 32.2. The topological polar surface area (TPSA) is 126 Å². The molecule has 0 spiro atoms. The van der Waals surface area contributed by atoms with Crippen LogP contribution in [0, 0.1) is 24.0 Å². The van der Waals surface area contributed by atoms with Crippen molar-refractivity contribution in [3.63, 3.8) is 0 Å². The normalized spacial score (nSPS) is 10.9. The van der Waals surface area contributed by atoms with E-state index in [1.165, 1.54) is 36.5 Å². The number of fused-ring (bicyclic) bond motifs is 2. The average Bonchev–Trinajstić information content (AvgIpc) is 3.84. The van der Waals surface area contributed by atoms with Crippen LogP contribution in [0.4, 0.5) is 8.78 Å². The number of carbonyl (C=O) groups is 1. The summed E-state index contributed by atoms with van der Waals surface area (Å²) in [5.41, 5.74) is 7.82. The molecule has 6 aromatic heterocycles. The van der Waals surface area contributed by atoms with E-state index in [4.69, 9.17) is 29.6 Å². The van der Waals surface area contributed by atoms with Gasteiger partial charge < -0.3 is 0 Å². The summed E-state index contributed by atoms with van der Waals surface area (Å²) in [4.78, 5) is 28.5. The number of carbonyl (C=O) groups excluding carboxylic acids is 1. The van der Waals surface area contributed by atoms with Crippen LogP contribution in [-0.4, -0.2) is 46.6 Å². The van der Waals surface area contributed by atoms with Crippen LogP contribution < -0.4 is 0 Å². The number of halogens is 4. The van der Waals surface area contributed by atoms with E-state index in [1.54, 1.807) is 48.9 Å². The molecule has 2 N–H and O–H groups in total. The van der Waals surface area contributed by atoms with E-state index in [0.29, 0.717) is 89.0 Å². The zero-order chi connectivity index (χ0) is 34.8. The highest BCUT2D eigenvalue weighted by Crippen LogP contribution is 2.34. The molecule has 0 amide bonds. The molecule has 0 saturated carbocycles. The number of aromatic amines is 2. The van der Waals surface area contributed by atoms with Crippen LogP contribution in [0.3, 0.4) is 0 Å². The highest BCUT2D eigenvalue weighted by Gasteiger charge is 2.17. The fraction of sp³-hybridized carbons (Fsp3) is 0. The number of hydrogen-bond acceptors (Lipinski definition) is 7. The predicted molar refractivity (Wildman–Crippen MR) is 188 cm³/mol. The Bertz CT molecular complexity index is 2610. The van der Waals surface area contributed by atoms with Gasteiger partial charge in [0.1, 0.15) is 11.6 Å². The van der Waals surface area contributed by atoms with Crippen molar-refractivity contribution in [3.05, 3.63) is 130 Å². The van der Waals surface area contributed by atoms with Crippen molar-refractivity contribution < 1.29 is 13.6 Å². The minimum Gasteiger partial charge on any atom is -0.298 e. The van der Waals surface area contributed by atoms with Crippen molar-refractivity contribution in [1.82, 2.24) is 40.3 Å². The van der Waals surface area contributed by atoms with Gasteiger partial charge in [0.25, 0.3) is 0 Å². The molecule has 6 heterocycles. The molecule has 242 valence electrons. The lowest BCUT2D eigenvalue weighted by atomic mass is 10.0.